The molecular formula is C28H31Cl2FN4O4. The Hall–Kier alpha value is -3.17. The molecule has 3 aromatic heterocycles. The number of pyridine rings is 1. The molecule has 0 atom stereocenters. The first kappa shape index (κ1) is 28.8. The number of aromatic nitrogens is 4. The van der Waals surface area contributed by atoms with Gasteiger partial charge in [-0.3, -0.25) is 9.20 Å². The lowest BCUT2D eigenvalue weighted by Crippen LogP contribution is -2.24. The van der Waals surface area contributed by atoms with Crippen LogP contribution in [0.4, 0.5) is 4.39 Å². The predicted molar refractivity (Wildman–Crippen MR) is 148 cm³/mol. The third-order valence-corrected chi connectivity index (χ3v) is 6.23. The molecule has 0 N–H and O–H groups in total. The summed E-state index contributed by atoms with van der Waals surface area (Å²) in [4.78, 5) is 21.0. The van der Waals surface area contributed by atoms with Crippen molar-refractivity contribution in [2.24, 2.45) is 0 Å². The highest BCUT2D eigenvalue weighted by atomic mass is 35.5. The molecule has 0 fully saturated rings. The number of hydrogen-bond donors (Lipinski definition) is 0. The lowest BCUT2D eigenvalue weighted by Gasteiger charge is -2.19. The first-order valence-corrected chi connectivity index (χ1v) is 13.5. The van der Waals surface area contributed by atoms with Gasteiger partial charge in [0.25, 0.3) is 5.89 Å². The van der Waals surface area contributed by atoms with Crippen LogP contribution in [0.15, 0.2) is 28.9 Å². The Kier molecular flexibility index (Phi) is 8.51. The van der Waals surface area contributed by atoms with Crippen LogP contribution in [0, 0.1) is 5.82 Å². The summed E-state index contributed by atoms with van der Waals surface area (Å²) < 4.78 is 33.5. The summed E-state index contributed by atoms with van der Waals surface area (Å²) in [6, 6.07) is 4.46. The Morgan fingerprint density at radius 1 is 1.13 bits per heavy atom. The van der Waals surface area contributed by atoms with Crippen LogP contribution in [-0.2, 0) is 22.4 Å². The Morgan fingerprint density at radius 3 is 2.54 bits per heavy atom. The lowest BCUT2D eigenvalue weighted by molar-refractivity contribution is -0.154. The maximum Gasteiger partial charge on any atom is 0.306 e. The van der Waals surface area contributed by atoms with Crippen molar-refractivity contribution in [1.29, 1.82) is 0 Å². The number of esters is 1. The molecule has 0 aliphatic carbocycles. The van der Waals surface area contributed by atoms with E-state index in [1.54, 1.807) is 33.0 Å². The van der Waals surface area contributed by atoms with Crippen LogP contribution >= 0.6 is 23.2 Å². The summed E-state index contributed by atoms with van der Waals surface area (Å²) >= 11 is 13.0. The maximum atomic E-state index is 14.9. The maximum absolute atomic E-state index is 14.9. The molecule has 0 saturated carbocycles. The molecule has 4 aromatic rings. The van der Waals surface area contributed by atoms with Gasteiger partial charge in [0.2, 0.25) is 5.82 Å². The van der Waals surface area contributed by atoms with Gasteiger partial charge < -0.3 is 14.0 Å². The fourth-order valence-corrected chi connectivity index (χ4v) is 4.60. The van der Waals surface area contributed by atoms with E-state index in [9.17, 15) is 9.18 Å². The molecule has 0 aliphatic heterocycles. The molecule has 0 saturated heterocycles. The number of aryl methyl sites for hydroxylation is 2. The number of imidazole rings is 1. The molecule has 4 rings (SSSR count). The van der Waals surface area contributed by atoms with E-state index in [4.69, 9.17) is 37.2 Å². The van der Waals surface area contributed by atoms with E-state index in [0.29, 0.717) is 22.1 Å². The minimum atomic E-state index is -0.610. The molecule has 0 radical (unpaired) electrons. The molecule has 0 unspecified atom stereocenters. The van der Waals surface area contributed by atoms with Crippen LogP contribution in [0.5, 0.6) is 5.75 Å². The second-order valence-corrected chi connectivity index (χ2v) is 11.3. The summed E-state index contributed by atoms with van der Waals surface area (Å²) in [5.74, 6) is -0.0286. The van der Waals surface area contributed by atoms with Crippen LogP contribution in [-0.4, -0.2) is 37.2 Å². The molecule has 0 amide bonds. The number of halogens is 3. The number of carbonyl (C=O) groups excluding carboxylic acids is 1. The number of nitrogens with zero attached hydrogens (tertiary/aromatic N) is 4. The van der Waals surface area contributed by atoms with E-state index in [1.807, 2.05) is 18.2 Å². The molecule has 11 heteroatoms. The van der Waals surface area contributed by atoms with Crippen LogP contribution in [0.25, 0.3) is 28.6 Å². The van der Waals surface area contributed by atoms with Crippen molar-refractivity contribution in [3.63, 3.8) is 0 Å². The van der Waals surface area contributed by atoms with Crippen LogP contribution < -0.4 is 4.74 Å². The van der Waals surface area contributed by atoms with E-state index in [2.05, 4.69) is 22.0 Å². The Morgan fingerprint density at radius 2 is 1.87 bits per heavy atom. The van der Waals surface area contributed by atoms with Crippen molar-refractivity contribution in [3.8, 4) is 28.7 Å². The van der Waals surface area contributed by atoms with Crippen molar-refractivity contribution < 1.29 is 23.2 Å². The summed E-state index contributed by atoms with van der Waals surface area (Å²) in [6.45, 7) is 11.3. The van der Waals surface area contributed by atoms with Crippen LogP contribution in [0.1, 0.15) is 65.6 Å². The molecule has 0 bridgehead atoms. The zero-order valence-corrected chi connectivity index (χ0v) is 24.3. The van der Waals surface area contributed by atoms with Gasteiger partial charge in [0.05, 0.1) is 21.8 Å². The quantitative estimate of drug-likeness (QED) is 0.190. The summed E-state index contributed by atoms with van der Waals surface area (Å²) in [5, 5.41) is 4.64. The number of hydrogen-bond acceptors (Lipinski definition) is 7. The lowest BCUT2D eigenvalue weighted by atomic mass is 10.1. The Balaban J connectivity index is 1.62. The second kappa shape index (κ2) is 11.5. The van der Waals surface area contributed by atoms with Crippen molar-refractivity contribution in [2.75, 3.05) is 0 Å². The Bertz CT molecular complexity index is 1510. The first-order valence-electron chi connectivity index (χ1n) is 12.8. The third kappa shape index (κ3) is 6.70. The van der Waals surface area contributed by atoms with Gasteiger partial charge in [0, 0.05) is 24.2 Å². The van der Waals surface area contributed by atoms with Gasteiger partial charge in [0.1, 0.15) is 22.9 Å². The Labute approximate surface area is 236 Å². The number of ether oxygens (including phenoxy) is 2. The molecule has 0 spiro atoms. The van der Waals surface area contributed by atoms with E-state index >= 15 is 0 Å². The average molecular weight is 577 g/mol. The highest BCUT2D eigenvalue weighted by Crippen LogP contribution is 2.34. The van der Waals surface area contributed by atoms with Gasteiger partial charge in [-0.15, -0.1) is 0 Å². The monoisotopic (exact) mass is 576 g/mol. The van der Waals surface area contributed by atoms with Crippen LogP contribution in [0.2, 0.25) is 10.0 Å². The van der Waals surface area contributed by atoms with Gasteiger partial charge in [-0.2, -0.15) is 4.98 Å². The van der Waals surface area contributed by atoms with Gasteiger partial charge >= 0.3 is 5.97 Å². The largest absolute Gasteiger partial charge is 0.489 e. The van der Waals surface area contributed by atoms with Crippen molar-refractivity contribution in [2.45, 2.75) is 78.9 Å². The van der Waals surface area contributed by atoms with Gasteiger partial charge in [0.15, 0.2) is 5.65 Å². The molecule has 39 heavy (non-hydrogen) atoms. The normalized spacial score (nSPS) is 11.9. The summed E-state index contributed by atoms with van der Waals surface area (Å²) in [7, 11) is 0. The molecular weight excluding hydrogens is 546 g/mol. The predicted octanol–water partition coefficient (Wildman–Crippen LogP) is 7.51. The zero-order valence-electron chi connectivity index (χ0n) is 22.8. The molecule has 3 heterocycles. The summed E-state index contributed by atoms with van der Waals surface area (Å²) in [6.07, 6.45) is 3.54. The first-order chi connectivity index (χ1) is 18.4. The molecule has 1 aromatic carbocycles. The van der Waals surface area contributed by atoms with Crippen molar-refractivity contribution in [1.82, 2.24) is 19.5 Å². The second-order valence-electron chi connectivity index (χ2n) is 10.5. The third-order valence-electron chi connectivity index (χ3n) is 5.64. The smallest absolute Gasteiger partial charge is 0.306 e. The van der Waals surface area contributed by atoms with E-state index in [1.165, 1.54) is 12.1 Å². The number of rotatable bonds is 9. The fraction of sp³-hybridized carbons (Fsp3) is 0.429. The molecule has 8 nitrogen and oxygen atoms in total. The number of benzene rings is 1. The van der Waals surface area contributed by atoms with E-state index in [-0.39, 0.29) is 46.8 Å². The molecule has 0 aliphatic rings. The fourth-order valence-electron chi connectivity index (χ4n) is 4.09. The topological polar surface area (TPSA) is 91.8 Å². The molecule has 208 valence electrons. The van der Waals surface area contributed by atoms with E-state index in [0.717, 1.165) is 18.5 Å². The van der Waals surface area contributed by atoms with Crippen molar-refractivity contribution >= 4 is 34.8 Å². The minimum Gasteiger partial charge on any atom is -0.489 e. The van der Waals surface area contributed by atoms with E-state index < -0.39 is 17.4 Å². The van der Waals surface area contributed by atoms with Gasteiger partial charge in [-0.1, -0.05) is 41.7 Å². The number of fused-ring (bicyclic) bond motifs is 1. The standard InChI is InChI=1S/C28H31Cl2FN4O4/c1-7-8-22-23(37-15(2)3)13-19(30)26-32-21(14-35(22)26)27-33-25(34-39-27)17-12-20(31)16(11-18(17)29)9-10-24(36)38-28(4,5)6/h11-15H,7-10H2,1-6H3. The summed E-state index contributed by atoms with van der Waals surface area (Å²) in [5.41, 5.74) is 1.80. The minimum absolute atomic E-state index is 0.0237. The number of carbonyl (C=O) groups is 1. The highest BCUT2D eigenvalue weighted by molar-refractivity contribution is 6.34. The van der Waals surface area contributed by atoms with Crippen LogP contribution in [0.3, 0.4) is 0 Å². The van der Waals surface area contributed by atoms with Gasteiger partial charge in [-0.05, 0) is 65.2 Å². The highest BCUT2D eigenvalue weighted by Gasteiger charge is 2.22. The average Bonchev–Trinajstić information content (AvgIpc) is 3.48. The van der Waals surface area contributed by atoms with Gasteiger partial charge in [-0.25, -0.2) is 9.37 Å². The zero-order chi connectivity index (χ0) is 28.5. The SMILES string of the molecule is CCCc1c(OC(C)C)cc(Cl)c2nc(-c3nc(-c4cc(F)c(CCC(=O)OC(C)(C)C)cc4Cl)no3)cn12. The van der Waals surface area contributed by atoms with Crippen molar-refractivity contribution in [3.05, 3.63) is 51.5 Å².